The molecular weight excluding hydrogens is 270 g/mol. The number of nitrogens with zero attached hydrogens (tertiary/aromatic N) is 1. The van der Waals surface area contributed by atoms with E-state index in [9.17, 15) is 5.11 Å². The molecule has 1 heterocycles. The maximum absolute atomic E-state index is 10.2. The van der Waals surface area contributed by atoms with Crippen LogP contribution in [0.1, 0.15) is 13.8 Å². The molecule has 1 aliphatic heterocycles. The highest BCUT2D eigenvalue weighted by Crippen LogP contribution is 2.25. The Kier molecular flexibility index (Phi) is 5.85. The number of hydrogen-bond donors (Lipinski definition) is 1. The van der Waals surface area contributed by atoms with Gasteiger partial charge in [0, 0.05) is 19.6 Å². The minimum Gasteiger partial charge on any atom is -0.493 e. The lowest BCUT2D eigenvalue weighted by molar-refractivity contribution is -0.0787. The number of β-amino-alcohol motifs (C(OH)–C–C–N with tert-alkyl or cyclic N) is 1. The van der Waals surface area contributed by atoms with E-state index in [-0.39, 0.29) is 18.8 Å². The molecule has 1 aromatic rings. The van der Waals surface area contributed by atoms with E-state index in [2.05, 4.69) is 18.7 Å². The summed E-state index contributed by atoms with van der Waals surface area (Å²) in [7, 11) is 1.61. The molecule has 1 saturated heterocycles. The van der Waals surface area contributed by atoms with Crippen molar-refractivity contribution in [3.05, 3.63) is 24.3 Å². The highest BCUT2D eigenvalue weighted by molar-refractivity contribution is 5.39. The standard InChI is InChI=1S/C16H25NO4/c1-12-8-17(9-13(2)21-12)10-14(18)11-20-16-7-5-4-6-15(16)19-3/h4-7,12-14,18H,8-11H2,1-3H3/t12-,13-,14+/m1/s1. The minimum absolute atomic E-state index is 0.205. The first-order chi connectivity index (χ1) is 10.1. The van der Waals surface area contributed by atoms with Crippen molar-refractivity contribution >= 4 is 0 Å². The Morgan fingerprint density at radius 3 is 2.48 bits per heavy atom. The maximum atomic E-state index is 10.2. The second kappa shape index (κ2) is 7.64. The van der Waals surface area contributed by atoms with Gasteiger partial charge in [-0.15, -0.1) is 0 Å². The summed E-state index contributed by atoms with van der Waals surface area (Å²) in [6.07, 6.45) is -0.125. The molecule has 0 saturated carbocycles. The zero-order valence-electron chi connectivity index (χ0n) is 13.0. The molecule has 5 heteroatoms. The van der Waals surface area contributed by atoms with Crippen LogP contribution in [0, 0.1) is 0 Å². The Hall–Kier alpha value is -1.30. The lowest BCUT2D eigenvalue weighted by atomic mass is 10.2. The third-order valence-corrected chi connectivity index (χ3v) is 3.46. The summed E-state index contributed by atoms with van der Waals surface area (Å²) in [6.45, 7) is 6.64. The molecule has 1 aromatic carbocycles. The van der Waals surface area contributed by atoms with E-state index < -0.39 is 6.10 Å². The van der Waals surface area contributed by atoms with E-state index in [0.717, 1.165) is 13.1 Å². The van der Waals surface area contributed by atoms with Crippen molar-refractivity contribution in [3.63, 3.8) is 0 Å². The van der Waals surface area contributed by atoms with Gasteiger partial charge in [-0.25, -0.2) is 0 Å². The molecule has 118 valence electrons. The summed E-state index contributed by atoms with van der Waals surface area (Å²) in [5.74, 6) is 1.33. The Morgan fingerprint density at radius 1 is 1.24 bits per heavy atom. The fourth-order valence-electron chi connectivity index (χ4n) is 2.71. The van der Waals surface area contributed by atoms with Gasteiger partial charge < -0.3 is 19.3 Å². The summed E-state index contributed by atoms with van der Waals surface area (Å²) in [5, 5.41) is 10.2. The maximum Gasteiger partial charge on any atom is 0.161 e. The summed E-state index contributed by atoms with van der Waals surface area (Å²) >= 11 is 0. The zero-order chi connectivity index (χ0) is 15.2. The SMILES string of the molecule is COc1ccccc1OC[C@@H](O)CN1C[C@@H](C)O[C@H](C)C1. The second-order valence-corrected chi connectivity index (χ2v) is 5.59. The average Bonchev–Trinajstić information content (AvgIpc) is 2.44. The molecule has 5 nitrogen and oxygen atoms in total. The predicted molar refractivity (Wildman–Crippen MR) is 80.9 cm³/mol. The fraction of sp³-hybridized carbons (Fsp3) is 0.625. The van der Waals surface area contributed by atoms with Gasteiger partial charge in [0.25, 0.3) is 0 Å². The van der Waals surface area contributed by atoms with E-state index in [4.69, 9.17) is 14.2 Å². The van der Waals surface area contributed by atoms with Crippen LogP contribution in [0.5, 0.6) is 11.5 Å². The molecule has 0 spiro atoms. The lowest BCUT2D eigenvalue weighted by Gasteiger charge is -2.36. The van der Waals surface area contributed by atoms with E-state index in [0.29, 0.717) is 18.0 Å². The van der Waals surface area contributed by atoms with Gasteiger partial charge in [0.2, 0.25) is 0 Å². The molecule has 0 aromatic heterocycles. The number of methoxy groups -OCH3 is 1. The quantitative estimate of drug-likeness (QED) is 0.863. The van der Waals surface area contributed by atoms with Crippen LogP contribution in [0.2, 0.25) is 0 Å². The molecule has 1 aliphatic rings. The highest BCUT2D eigenvalue weighted by atomic mass is 16.5. The number of benzene rings is 1. The number of rotatable bonds is 6. The Bertz CT molecular complexity index is 430. The van der Waals surface area contributed by atoms with E-state index in [1.54, 1.807) is 7.11 Å². The first kappa shape index (κ1) is 16.1. The van der Waals surface area contributed by atoms with Crippen LogP contribution in [-0.2, 0) is 4.74 Å². The van der Waals surface area contributed by atoms with Crippen molar-refractivity contribution in [3.8, 4) is 11.5 Å². The van der Waals surface area contributed by atoms with Crippen molar-refractivity contribution in [2.75, 3.05) is 33.4 Å². The Labute approximate surface area is 126 Å². The number of aliphatic hydroxyl groups excluding tert-OH is 1. The van der Waals surface area contributed by atoms with Crippen LogP contribution in [-0.4, -0.2) is 61.7 Å². The first-order valence-electron chi connectivity index (χ1n) is 7.40. The van der Waals surface area contributed by atoms with Crippen molar-refractivity contribution < 1.29 is 19.3 Å². The van der Waals surface area contributed by atoms with Crippen molar-refractivity contribution in [2.45, 2.75) is 32.2 Å². The topological polar surface area (TPSA) is 51.2 Å². The Balaban J connectivity index is 1.80. The van der Waals surface area contributed by atoms with Gasteiger partial charge in [-0.1, -0.05) is 12.1 Å². The largest absolute Gasteiger partial charge is 0.493 e. The van der Waals surface area contributed by atoms with Crippen molar-refractivity contribution in [1.82, 2.24) is 4.90 Å². The normalized spacial score (nSPS) is 24.6. The number of aliphatic hydroxyl groups is 1. The molecule has 3 atom stereocenters. The Morgan fingerprint density at radius 2 is 1.86 bits per heavy atom. The number of ether oxygens (including phenoxy) is 3. The summed E-state index contributed by atoms with van der Waals surface area (Å²) < 4.78 is 16.6. The van der Waals surface area contributed by atoms with Gasteiger partial charge in [0.15, 0.2) is 11.5 Å². The molecule has 2 rings (SSSR count). The summed E-state index contributed by atoms with van der Waals surface area (Å²) in [4.78, 5) is 2.22. The van der Waals surface area contributed by atoms with Crippen molar-refractivity contribution in [1.29, 1.82) is 0 Å². The van der Waals surface area contributed by atoms with Gasteiger partial charge in [0.05, 0.1) is 19.3 Å². The number of hydrogen-bond acceptors (Lipinski definition) is 5. The van der Waals surface area contributed by atoms with Crippen molar-refractivity contribution in [2.24, 2.45) is 0 Å². The third-order valence-electron chi connectivity index (χ3n) is 3.46. The molecular formula is C16H25NO4. The smallest absolute Gasteiger partial charge is 0.161 e. The van der Waals surface area contributed by atoms with E-state index in [1.165, 1.54) is 0 Å². The molecule has 0 radical (unpaired) electrons. The van der Waals surface area contributed by atoms with Crippen LogP contribution >= 0.6 is 0 Å². The minimum atomic E-state index is -0.535. The first-order valence-corrected chi connectivity index (χ1v) is 7.40. The number of morpholine rings is 1. The van der Waals surface area contributed by atoms with Crippen LogP contribution in [0.15, 0.2) is 24.3 Å². The van der Waals surface area contributed by atoms with Crippen LogP contribution < -0.4 is 9.47 Å². The average molecular weight is 295 g/mol. The molecule has 0 amide bonds. The third kappa shape index (κ3) is 4.88. The summed E-state index contributed by atoms with van der Waals surface area (Å²) in [5.41, 5.74) is 0. The van der Waals surface area contributed by atoms with Crippen LogP contribution in [0.25, 0.3) is 0 Å². The second-order valence-electron chi connectivity index (χ2n) is 5.59. The monoisotopic (exact) mass is 295 g/mol. The van der Waals surface area contributed by atoms with Gasteiger partial charge in [-0.3, -0.25) is 4.90 Å². The lowest BCUT2D eigenvalue weighted by Crippen LogP contribution is -2.48. The molecule has 0 unspecified atom stereocenters. The summed E-state index contributed by atoms with van der Waals surface area (Å²) in [6, 6.07) is 7.45. The van der Waals surface area contributed by atoms with E-state index in [1.807, 2.05) is 24.3 Å². The van der Waals surface area contributed by atoms with Gasteiger partial charge >= 0.3 is 0 Å². The molecule has 0 bridgehead atoms. The fourth-order valence-corrected chi connectivity index (χ4v) is 2.71. The van der Waals surface area contributed by atoms with Gasteiger partial charge in [-0.05, 0) is 26.0 Å². The van der Waals surface area contributed by atoms with E-state index >= 15 is 0 Å². The predicted octanol–water partition coefficient (Wildman–Crippen LogP) is 1.54. The van der Waals surface area contributed by atoms with Crippen LogP contribution in [0.4, 0.5) is 0 Å². The molecule has 1 fully saturated rings. The molecule has 21 heavy (non-hydrogen) atoms. The highest BCUT2D eigenvalue weighted by Gasteiger charge is 2.24. The van der Waals surface area contributed by atoms with Gasteiger partial charge in [0.1, 0.15) is 12.7 Å². The van der Waals surface area contributed by atoms with Gasteiger partial charge in [-0.2, -0.15) is 0 Å². The molecule has 0 aliphatic carbocycles. The number of para-hydroxylation sites is 2. The molecule has 1 N–H and O–H groups in total. The zero-order valence-corrected chi connectivity index (χ0v) is 13.0. The van der Waals surface area contributed by atoms with Crippen LogP contribution in [0.3, 0.4) is 0 Å².